The van der Waals surface area contributed by atoms with Crippen molar-refractivity contribution in [2.24, 2.45) is 5.92 Å². The van der Waals surface area contributed by atoms with Crippen molar-refractivity contribution in [1.29, 1.82) is 0 Å². The van der Waals surface area contributed by atoms with Gasteiger partial charge >= 0.3 is 0 Å². The third-order valence-corrected chi connectivity index (χ3v) is 5.00. The first-order valence-electron chi connectivity index (χ1n) is 8.29. The van der Waals surface area contributed by atoms with Crippen molar-refractivity contribution in [3.63, 3.8) is 0 Å². The van der Waals surface area contributed by atoms with Crippen molar-refractivity contribution >= 4 is 0 Å². The van der Waals surface area contributed by atoms with E-state index in [1.54, 1.807) is 0 Å². The number of hydrogen-bond donors (Lipinski definition) is 2. The Bertz CT molecular complexity index is 386. The van der Waals surface area contributed by atoms with Gasteiger partial charge < -0.3 is 10.6 Å². The topological polar surface area (TPSA) is 37.0 Å². The highest BCUT2D eigenvalue weighted by Gasteiger charge is 2.31. The molecule has 110 valence electrons. The summed E-state index contributed by atoms with van der Waals surface area (Å²) < 4.78 is 0. The van der Waals surface area contributed by atoms with Gasteiger partial charge in [-0.2, -0.15) is 0 Å². The van der Waals surface area contributed by atoms with Gasteiger partial charge in [0.1, 0.15) is 0 Å². The lowest BCUT2D eigenvalue weighted by atomic mass is 9.77. The molecule has 0 spiro atoms. The number of aromatic nitrogens is 1. The molecule has 0 radical (unpaired) electrons. The first kappa shape index (κ1) is 14.0. The molecule has 3 nitrogen and oxygen atoms in total. The zero-order valence-electron chi connectivity index (χ0n) is 12.4. The number of pyridine rings is 1. The van der Waals surface area contributed by atoms with E-state index in [4.69, 9.17) is 0 Å². The van der Waals surface area contributed by atoms with Crippen LogP contribution in [0.2, 0.25) is 0 Å². The van der Waals surface area contributed by atoms with Crippen LogP contribution in [0.25, 0.3) is 0 Å². The molecular formula is C17H27N3. The molecule has 1 saturated carbocycles. The van der Waals surface area contributed by atoms with Crippen LogP contribution in [0, 0.1) is 5.92 Å². The minimum atomic E-state index is 0.688. The molecule has 0 aromatic carbocycles. The van der Waals surface area contributed by atoms with Crippen molar-refractivity contribution in [2.45, 2.75) is 63.6 Å². The van der Waals surface area contributed by atoms with Gasteiger partial charge in [-0.25, -0.2) is 0 Å². The number of nitrogens with one attached hydrogen (secondary N) is 2. The van der Waals surface area contributed by atoms with Crippen LogP contribution < -0.4 is 10.6 Å². The monoisotopic (exact) mass is 273 g/mol. The van der Waals surface area contributed by atoms with E-state index >= 15 is 0 Å². The first-order valence-corrected chi connectivity index (χ1v) is 8.29. The third-order valence-electron chi connectivity index (χ3n) is 5.00. The lowest BCUT2D eigenvalue weighted by molar-refractivity contribution is 0.181. The molecule has 1 aromatic rings. The van der Waals surface area contributed by atoms with Crippen LogP contribution in [-0.4, -0.2) is 23.6 Å². The van der Waals surface area contributed by atoms with Crippen LogP contribution in [-0.2, 0) is 6.54 Å². The summed E-state index contributed by atoms with van der Waals surface area (Å²) in [6, 6.07) is 5.67. The molecule has 3 heteroatoms. The van der Waals surface area contributed by atoms with Crippen LogP contribution in [0.4, 0.5) is 0 Å². The quantitative estimate of drug-likeness (QED) is 0.885. The van der Waals surface area contributed by atoms with Crippen LogP contribution in [0.5, 0.6) is 0 Å². The molecule has 1 aromatic heterocycles. The Morgan fingerprint density at radius 1 is 1.05 bits per heavy atom. The molecule has 1 aliphatic heterocycles. The van der Waals surface area contributed by atoms with Crippen molar-refractivity contribution in [3.05, 3.63) is 30.1 Å². The highest BCUT2D eigenvalue weighted by Crippen LogP contribution is 2.30. The highest BCUT2D eigenvalue weighted by atomic mass is 15.0. The highest BCUT2D eigenvalue weighted by molar-refractivity contribution is 5.09. The largest absolute Gasteiger partial charge is 0.314 e. The standard InChI is InChI=1S/C17H27N3/c1-2-6-17(20-13-14-8-11-18-12-9-14)15(5-1)16-7-3-4-10-19-16/h8-9,11-12,15-17,19-20H,1-7,10,13H2. The predicted molar refractivity (Wildman–Crippen MR) is 82.5 cm³/mol. The Labute approximate surface area is 122 Å². The number of hydrogen-bond acceptors (Lipinski definition) is 3. The summed E-state index contributed by atoms with van der Waals surface area (Å²) in [5, 5.41) is 7.58. The van der Waals surface area contributed by atoms with Gasteiger partial charge in [0, 0.05) is 31.0 Å². The minimum Gasteiger partial charge on any atom is -0.314 e. The lowest BCUT2D eigenvalue weighted by Crippen LogP contribution is -2.50. The van der Waals surface area contributed by atoms with Gasteiger partial charge in [0.2, 0.25) is 0 Å². The van der Waals surface area contributed by atoms with Gasteiger partial charge in [0.25, 0.3) is 0 Å². The summed E-state index contributed by atoms with van der Waals surface area (Å²) in [7, 11) is 0. The maximum atomic E-state index is 4.09. The number of nitrogens with zero attached hydrogens (tertiary/aromatic N) is 1. The molecule has 3 unspecified atom stereocenters. The summed E-state index contributed by atoms with van der Waals surface area (Å²) in [6.07, 6.45) is 13.4. The second kappa shape index (κ2) is 7.19. The molecule has 2 aliphatic rings. The van der Waals surface area contributed by atoms with E-state index in [0.29, 0.717) is 6.04 Å². The van der Waals surface area contributed by atoms with Gasteiger partial charge in [0.05, 0.1) is 0 Å². The van der Waals surface area contributed by atoms with Gasteiger partial charge in [-0.3, -0.25) is 4.98 Å². The number of piperidine rings is 1. The van der Waals surface area contributed by atoms with Gasteiger partial charge in [0.15, 0.2) is 0 Å². The van der Waals surface area contributed by atoms with Crippen molar-refractivity contribution in [2.75, 3.05) is 6.54 Å². The van der Waals surface area contributed by atoms with Crippen molar-refractivity contribution in [1.82, 2.24) is 15.6 Å². The average molecular weight is 273 g/mol. The fraction of sp³-hybridized carbons (Fsp3) is 0.706. The Morgan fingerprint density at radius 2 is 1.85 bits per heavy atom. The second-order valence-electron chi connectivity index (χ2n) is 6.35. The van der Waals surface area contributed by atoms with Gasteiger partial charge in [-0.1, -0.05) is 19.3 Å². The van der Waals surface area contributed by atoms with Crippen LogP contribution in [0.15, 0.2) is 24.5 Å². The second-order valence-corrected chi connectivity index (χ2v) is 6.35. The molecule has 2 N–H and O–H groups in total. The molecule has 2 fully saturated rings. The van der Waals surface area contributed by atoms with E-state index in [1.807, 2.05) is 12.4 Å². The van der Waals surface area contributed by atoms with Crippen molar-refractivity contribution in [3.8, 4) is 0 Å². The van der Waals surface area contributed by atoms with E-state index in [-0.39, 0.29) is 0 Å². The van der Waals surface area contributed by atoms with E-state index in [2.05, 4.69) is 27.8 Å². The summed E-state index contributed by atoms with van der Waals surface area (Å²) in [5.74, 6) is 0.825. The molecule has 0 amide bonds. The van der Waals surface area contributed by atoms with E-state index in [0.717, 1.165) is 18.5 Å². The molecule has 3 rings (SSSR count). The summed E-state index contributed by atoms with van der Waals surface area (Å²) in [5.41, 5.74) is 1.35. The van der Waals surface area contributed by atoms with E-state index < -0.39 is 0 Å². The van der Waals surface area contributed by atoms with Crippen molar-refractivity contribution < 1.29 is 0 Å². The average Bonchev–Trinajstić information content (AvgIpc) is 2.55. The fourth-order valence-corrected chi connectivity index (χ4v) is 3.89. The van der Waals surface area contributed by atoms with E-state index in [9.17, 15) is 0 Å². The number of rotatable bonds is 4. The fourth-order valence-electron chi connectivity index (χ4n) is 3.89. The summed E-state index contributed by atoms with van der Waals surface area (Å²) >= 11 is 0. The van der Waals surface area contributed by atoms with E-state index in [1.165, 1.54) is 57.1 Å². The van der Waals surface area contributed by atoms with Crippen LogP contribution in [0.1, 0.15) is 50.5 Å². The molecule has 1 saturated heterocycles. The zero-order valence-corrected chi connectivity index (χ0v) is 12.4. The van der Waals surface area contributed by atoms with Crippen LogP contribution >= 0.6 is 0 Å². The zero-order chi connectivity index (χ0) is 13.6. The molecule has 3 atom stereocenters. The normalized spacial score (nSPS) is 31.1. The summed E-state index contributed by atoms with van der Waals surface area (Å²) in [6.45, 7) is 2.20. The minimum absolute atomic E-state index is 0.688. The molecular weight excluding hydrogens is 246 g/mol. The lowest BCUT2D eigenvalue weighted by Gasteiger charge is -2.40. The van der Waals surface area contributed by atoms with Gasteiger partial charge in [-0.05, 0) is 55.8 Å². The maximum absolute atomic E-state index is 4.09. The first-order chi connectivity index (χ1) is 9.93. The summed E-state index contributed by atoms with van der Waals surface area (Å²) in [4.78, 5) is 4.09. The predicted octanol–water partition coefficient (Wildman–Crippen LogP) is 2.87. The molecule has 1 aliphatic carbocycles. The Morgan fingerprint density at radius 3 is 2.65 bits per heavy atom. The van der Waals surface area contributed by atoms with Gasteiger partial charge in [-0.15, -0.1) is 0 Å². The Balaban J connectivity index is 1.57. The maximum Gasteiger partial charge on any atom is 0.0271 e. The Hall–Kier alpha value is -0.930. The Kier molecular flexibility index (Phi) is 5.04. The molecule has 2 heterocycles. The molecule has 0 bridgehead atoms. The SMILES string of the molecule is c1cc(CNC2CCCCC2C2CCCCN2)ccn1. The smallest absolute Gasteiger partial charge is 0.0271 e. The third kappa shape index (κ3) is 3.58. The molecule has 20 heavy (non-hydrogen) atoms. The van der Waals surface area contributed by atoms with Crippen LogP contribution in [0.3, 0.4) is 0 Å².